The van der Waals surface area contributed by atoms with Crippen LogP contribution in [0.15, 0.2) is 18.2 Å². The fourth-order valence-corrected chi connectivity index (χ4v) is 1.19. The van der Waals surface area contributed by atoms with Crippen molar-refractivity contribution in [1.82, 2.24) is 0 Å². The summed E-state index contributed by atoms with van der Waals surface area (Å²) in [4.78, 5) is 0. The minimum absolute atomic E-state index is 0.530. The SMILES string of the molecule is COc1cc(Cl)ccc1B(C)O. The lowest BCUT2D eigenvalue weighted by atomic mass is 9.64. The third kappa shape index (κ3) is 1.93. The maximum absolute atomic E-state index is 9.30. The molecule has 0 saturated heterocycles. The fourth-order valence-electron chi connectivity index (χ4n) is 1.03. The number of hydrogen-bond acceptors (Lipinski definition) is 2. The van der Waals surface area contributed by atoms with Gasteiger partial charge in [0.05, 0.1) is 7.11 Å². The van der Waals surface area contributed by atoms with E-state index >= 15 is 0 Å². The number of halogens is 1. The Labute approximate surface area is 77.2 Å². The average molecular weight is 184 g/mol. The molecule has 1 aromatic rings. The van der Waals surface area contributed by atoms with Gasteiger partial charge in [0.2, 0.25) is 0 Å². The highest BCUT2D eigenvalue weighted by atomic mass is 35.5. The van der Waals surface area contributed by atoms with E-state index in [0.717, 1.165) is 5.46 Å². The van der Waals surface area contributed by atoms with Gasteiger partial charge in [-0.25, -0.2) is 0 Å². The monoisotopic (exact) mass is 184 g/mol. The first-order valence-corrected chi connectivity index (χ1v) is 4.04. The standard InChI is InChI=1S/C8H10BClO2/c1-9(11)7-4-3-6(10)5-8(7)12-2/h3-5,11H,1-2H3. The van der Waals surface area contributed by atoms with Gasteiger partial charge in [0.25, 0.3) is 0 Å². The molecule has 2 nitrogen and oxygen atoms in total. The van der Waals surface area contributed by atoms with Gasteiger partial charge in [0.15, 0.2) is 0 Å². The summed E-state index contributed by atoms with van der Waals surface area (Å²) in [5.74, 6) is 0.623. The minimum Gasteiger partial charge on any atom is -0.497 e. The first kappa shape index (κ1) is 9.42. The summed E-state index contributed by atoms with van der Waals surface area (Å²) in [6, 6.07) is 5.17. The zero-order chi connectivity index (χ0) is 9.14. The van der Waals surface area contributed by atoms with Crippen molar-refractivity contribution < 1.29 is 9.76 Å². The van der Waals surface area contributed by atoms with Crippen LogP contribution in [-0.2, 0) is 0 Å². The van der Waals surface area contributed by atoms with E-state index in [0.29, 0.717) is 10.8 Å². The quantitative estimate of drug-likeness (QED) is 0.699. The van der Waals surface area contributed by atoms with Gasteiger partial charge >= 0.3 is 6.92 Å². The Morgan fingerprint density at radius 2 is 2.17 bits per heavy atom. The maximum atomic E-state index is 9.30. The van der Waals surface area contributed by atoms with Crippen molar-refractivity contribution in [3.05, 3.63) is 23.2 Å². The van der Waals surface area contributed by atoms with Crippen molar-refractivity contribution in [3.8, 4) is 5.75 Å². The third-order valence-corrected chi connectivity index (χ3v) is 1.88. The second-order valence-corrected chi connectivity index (χ2v) is 3.00. The van der Waals surface area contributed by atoms with Crippen LogP contribution in [0.3, 0.4) is 0 Å². The molecule has 4 heteroatoms. The van der Waals surface area contributed by atoms with Crippen molar-refractivity contribution in [2.75, 3.05) is 7.11 Å². The van der Waals surface area contributed by atoms with Crippen LogP contribution in [0.4, 0.5) is 0 Å². The van der Waals surface area contributed by atoms with Gasteiger partial charge in [-0.15, -0.1) is 0 Å². The minimum atomic E-state index is -0.530. The van der Waals surface area contributed by atoms with E-state index in [2.05, 4.69) is 0 Å². The van der Waals surface area contributed by atoms with Crippen molar-refractivity contribution in [3.63, 3.8) is 0 Å². The second kappa shape index (κ2) is 3.83. The van der Waals surface area contributed by atoms with E-state index in [-0.39, 0.29) is 0 Å². The van der Waals surface area contributed by atoms with Crippen LogP contribution in [0.1, 0.15) is 0 Å². The van der Waals surface area contributed by atoms with Crippen LogP contribution in [0.25, 0.3) is 0 Å². The number of methoxy groups -OCH3 is 1. The van der Waals surface area contributed by atoms with E-state index in [1.54, 1.807) is 32.1 Å². The summed E-state index contributed by atoms with van der Waals surface area (Å²) >= 11 is 5.74. The molecule has 0 aliphatic rings. The highest BCUT2D eigenvalue weighted by Crippen LogP contribution is 2.15. The predicted octanol–water partition coefficient (Wildman–Crippen LogP) is 1.17. The molecular formula is C8H10BClO2. The number of ether oxygens (including phenoxy) is 1. The highest BCUT2D eigenvalue weighted by Gasteiger charge is 2.12. The Balaban J connectivity index is 3.11. The van der Waals surface area contributed by atoms with Gasteiger partial charge in [-0.1, -0.05) is 24.5 Å². The van der Waals surface area contributed by atoms with Crippen LogP contribution in [-0.4, -0.2) is 19.0 Å². The second-order valence-electron chi connectivity index (χ2n) is 2.56. The van der Waals surface area contributed by atoms with Crippen molar-refractivity contribution >= 4 is 24.0 Å². The van der Waals surface area contributed by atoms with E-state index in [1.807, 2.05) is 0 Å². The molecule has 0 aliphatic carbocycles. The molecule has 0 fully saturated rings. The van der Waals surface area contributed by atoms with Gasteiger partial charge in [0.1, 0.15) is 5.75 Å². The molecule has 0 atom stereocenters. The fraction of sp³-hybridized carbons (Fsp3) is 0.250. The van der Waals surface area contributed by atoms with Crippen LogP contribution in [0.2, 0.25) is 11.8 Å². The summed E-state index contributed by atoms with van der Waals surface area (Å²) < 4.78 is 5.04. The lowest BCUT2D eigenvalue weighted by molar-refractivity contribution is 0.417. The van der Waals surface area contributed by atoms with Crippen LogP contribution < -0.4 is 10.2 Å². The Hall–Kier alpha value is -0.665. The van der Waals surface area contributed by atoms with E-state index in [1.165, 1.54) is 0 Å². The molecule has 1 N–H and O–H groups in total. The number of rotatable bonds is 2. The average Bonchev–Trinajstić information content (AvgIpc) is 2.03. The summed E-state index contributed by atoms with van der Waals surface area (Å²) in [6.45, 7) is 1.16. The predicted molar refractivity (Wildman–Crippen MR) is 51.5 cm³/mol. The molecule has 0 spiro atoms. The van der Waals surface area contributed by atoms with Crippen molar-refractivity contribution in [2.24, 2.45) is 0 Å². The number of benzene rings is 1. The molecule has 0 radical (unpaired) electrons. The first-order valence-electron chi connectivity index (χ1n) is 3.66. The van der Waals surface area contributed by atoms with E-state index in [4.69, 9.17) is 16.3 Å². The molecule has 0 saturated carbocycles. The summed E-state index contributed by atoms with van der Waals surface area (Å²) in [5.41, 5.74) is 0.752. The zero-order valence-electron chi connectivity index (χ0n) is 7.04. The molecule has 64 valence electrons. The normalized spacial score (nSPS) is 9.67. The van der Waals surface area contributed by atoms with Gasteiger partial charge in [-0.05, 0) is 17.6 Å². The molecule has 12 heavy (non-hydrogen) atoms. The Bertz CT molecular complexity index is 276. The van der Waals surface area contributed by atoms with E-state index in [9.17, 15) is 5.02 Å². The summed E-state index contributed by atoms with van der Waals surface area (Å²) in [5, 5.41) is 9.91. The maximum Gasteiger partial charge on any atom is 0.324 e. The third-order valence-electron chi connectivity index (χ3n) is 1.65. The Morgan fingerprint density at radius 3 is 2.67 bits per heavy atom. The zero-order valence-corrected chi connectivity index (χ0v) is 7.80. The summed E-state index contributed by atoms with van der Waals surface area (Å²) in [7, 11) is 1.55. The van der Waals surface area contributed by atoms with Crippen LogP contribution in [0, 0.1) is 0 Å². The first-order chi connectivity index (χ1) is 5.65. The topological polar surface area (TPSA) is 29.5 Å². The molecular weight excluding hydrogens is 174 g/mol. The molecule has 0 heterocycles. The number of hydrogen-bond donors (Lipinski definition) is 1. The van der Waals surface area contributed by atoms with Gasteiger partial charge < -0.3 is 9.76 Å². The lowest BCUT2D eigenvalue weighted by Crippen LogP contribution is -2.27. The largest absolute Gasteiger partial charge is 0.497 e. The van der Waals surface area contributed by atoms with Crippen molar-refractivity contribution in [1.29, 1.82) is 0 Å². The van der Waals surface area contributed by atoms with Gasteiger partial charge in [-0.2, -0.15) is 0 Å². The highest BCUT2D eigenvalue weighted by molar-refractivity contribution is 6.65. The molecule has 1 aromatic carbocycles. The van der Waals surface area contributed by atoms with Crippen LogP contribution in [0.5, 0.6) is 5.75 Å². The molecule has 0 aromatic heterocycles. The van der Waals surface area contributed by atoms with Crippen molar-refractivity contribution in [2.45, 2.75) is 6.82 Å². The van der Waals surface area contributed by atoms with Gasteiger partial charge in [0, 0.05) is 5.02 Å². The Kier molecular flexibility index (Phi) is 3.01. The Morgan fingerprint density at radius 1 is 1.50 bits per heavy atom. The molecule has 0 aliphatic heterocycles. The molecule has 1 rings (SSSR count). The lowest BCUT2D eigenvalue weighted by Gasteiger charge is -2.08. The smallest absolute Gasteiger partial charge is 0.324 e. The van der Waals surface area contributed by atoms with Gasteiger partial charge in [-0.3, -0.25) is 0 Å². The molecule has 0 amide bonds. The van der Waals surface area contributed by atoms with E-state index < -0.39 is 6.92 Å². The molecule has 0 unspecified atom stereocenters. The van der Waals surface area contributed by atoms with Crippen LogP contribution >= 0.6 is 11.6 Å². The summed E-state index contributed by atoms with van der Waals surface area (Å²) in [6.07, 6.45) is 0. The molecule has 0 bridgehead atoms.